The van der Waals surface area contributed by atoms with Gasteiger partial charge in [0.2, 0.25) is 5.91 Å². The highest BCUT2D eigenvalue weighted by Crippen LogP contribution is 2.34. The number of likely N-dealkylation sites (tertiary alicyclic amines) is 1. The molecule has 24 heavy (non-hydrogen) atoms. The Balaban J connectivity index is 2.25. The van der Waals surface area contributed by atoms with Gasteiger partial charge in [-0.05, 0) is 24.5 Å². The van der Waals surface area contributed by atoms with Crippen LogP contribution < -0.4 is 5.73 Å². The van der Waals surface area contributed by atoms with Crippen LogP contribution in [0.4, 0.5) is 26.3 Å². The summed E-state index contributed by atoms with van der Waals surface area (Å²) < 4.78 is 78.0. The summed E-state index contributed by atoms with van der Waals surface area (Å²) in [7, 11) is 0. The van der Waals surface area contributed by atoms with Crippen molar-refractivity contribution in [3.8, 4) is 0 Å². The van der Waals surface area contributed by atoms with Crippen molar-refractivity contribution in [1.29, 1.82) is 0 Å². The summed E-state index contributed by atoms with van der Waals surface area (Å²) in [6.45, 7) is -0.322. The van der Waals surface area contributed by atoms with Gasteiger partial charge in [-0.3, -0.25) is 4.79 Å². The normalized spacial score (nSPS) is 22.5. The highest BCUT2D eigenvalue weighted by atomic mass is 19.4. The fraction of sp³-hybridized carbons (Fsp3) is 0.533. The number of amides is 1. The lowest BCUT2D eigenvalue weighted by molar-refractivity contribution is -0.196. The number of hydrogen-bond acceptors (Lipinski definition) is 2. The second-order valence-electron chi connectivity index (χ2n) is 5.77. The van der Waals surface area contributed by atoms with Crippen LogP contribution in [-0.2, 0) is 17.4 Å². The standard InChI is InChI=1S/C15H16F6N2O/c16-14(17,18)11-4-2-1-3-9(11)7-13(24)23-8-10(22)5-6-12(23)15(19,20)21/h1-4,10,12H,5-8,22H2/t10-,12+/m0/s1. The van der Waals surface area contributed by atoms with Crippen LogP contribution >= 0.6 is 0 Å². The van der Waals surface area contributed by atoms with Crippen LogP contribution in [0.5, 0.6) is 0 Å². The molecule has 0 unspecified atom stereocenters. The summed E-state index contributed by atoms with van der Waals surface area (Å²) in [6.07, 6.45) is -10.3. The topological polar surface area (TPSA) is 46.3 Å². The molecule has 3 nitrogen and oxygen atoms in total. The molecule has 1 aliphatic heterocycles. The van der Waals surface area contributed by atoms with E-state index < -0.39 is 42.3 Å². The number of hydrogen-bond donors (Lipinski definition) is 1. The third-order valence-corrected chi connectivity index (χ3v) is 3.98. The molecule has 2 rings (SSSR count). The number of nitrogens with zero attached hydrogens (tertiary/aromatic N) is 1. The van der Waals surface area contributed by atoms with E-state index in [1.807, 2.05) is 0 Å². The third-order valence-electron chi connectivity index (χ3n) is 3.98. The fourth-order valence-electron chi connectivity index (χ4n) is 2.83. The Bertz CT molecular complexity index is 598. The van der Waals surface area contributed by atoms with E-state index in [4.69, 9.17) is 5.73 Å². The molecule has 1 aromatic rings. The highest BCUT2D eigenvalue weighted by molar-refractivity contribution is 5.79. The van der Waals surface area contributed by atoms with E-state index in [9.17, 15) is 31.1 Å². The molecule has 1 aliphatic rings. The van der Waals surface area contributed by atoms with E-state index in [0.29, 0.717) is 4.90 Å². The monoisotopic (exact) mass is 354 g/mol. The van der Waals surface area contributed by atoms with Gasteiger partial charge in [0, 0.05) is 12.6 Å². The van der Waals surface area contributed by atoms with Gasteiger partial charge >= 0.3 is 12.4 Å². The van der Waals surface area contributed by atoms with E-state index in [-0.39, 0.29) is 24.9 Å². The first kappa shape index (κ1) is 18.6. The lowest BCUT2D eigenvalue weighted by Gasteiger charge is -2.39. The summed E-state index contributed by atoms with van der Waals surface area (Å²) >= 11 is 0. The number of alkyl halides is 6. The zero-order chi connectivity index (χ0) is 18.1. The Morgan fingerprint density at radius 1 is 1.12 bits per heavy atom. The molecule has 0 saturated carbocycles. The molecular weight excluding hydrogens is 338 g/mol. The molecule has 1 heterocycles. The molecule has 2 atom stereocenters. The van der Waals surface area contributed by atoms with Crippen molar-refractivity contribution >= 4 is 5.91 Å². The molecule has 2 N–H and O–H groups in total. The van der Waals surface area contributed by atoms with Crippen molar-refractivity contribution in [3.63, 3.8) is 0 Å². The van der Waals surface area contributed by atoms with Crippen LogP contribution in [0, 0.1) is 0 Å². The van der Waals surface area contributed by atoms with E-state index in [2.05, 4.69) is 0 Å². The van der Waals surface area contributed by atoms with Gasteiger partial charge in [-0.1, -0.05) is 18.2 Å². The van der Waals surface area contributed by atoms with Gasteiger partial charge in [0.15, 0.2) is 0 Å². The average Bonchev–Trinajstić information content (AvgIpc) is 2.45. The van der Waals surface area contributed by atoms with E-state index in [0.717, 1.165) is 18.2 Å². The first-order valence-electron chi connectivity index (χ1n) is 7.27. The largest absolute Gasteiger partial charge is 0.416 e. The molecule has 0 radical (unpaired) electrons. The predicted octanol–water partition coefficient (Wildman–Crippen LogP) is 3.13. The SMILES string of the molecule is N[C@H]1CC[C@H](C(F)(F)F)N(C(=O)Cc2ccccc2C(F)(F)F)C1. The smallest absolute Gasteiger partial charge is 0.329 e. The summed E-state index contributed by atoms with van der Waals surface area (Å²) in [4.78, 5) is 12.8. The number of nitrogens with two attached hydrogens (primary N) is 1. The number of halogens is 6. The predicted molar refractivity (Wildman–Crippen MR) is 73.9 cm³/mol. The van der Waals surface area contributed by atoms with Gasteiger partial charge in [-0.2, -0.15) is 26.3 Å². The maximum absolute atomic E-state index is 13.1. The molecule has 1 fully saturated rings. The molecular formula is C15H16F6N2O. The molecule has 0 spiro atoms. The maximum atomic E-state index is 13.1. The second kappa shape index (κ2) is 6.62. The van der Waals surface area contributed by atoms with Crippen LogP contribution in [0.1, 0.15) is 24.0 Å². The molecule has 1 saturated heterocycles. The quantitative estimate of drug-likeness (QED) is 0.830. The van der Waals surface area contributed by atoms with E-state index in [1.165, 1.54) is 6.07 Å². The minimum Gasteiger partial charge on any atom is -0.329 e. The second-order valence-corrected chi connectivity index (χ2v) is 5.77. The molecule has 0 aliphatic carbocycles. The van der Waals surface area contributed by atoms with Crippen molar-refractivity contribution in [3.05, 3.63) is 35.4 Å². The molecule has 1 amide bonds. The van der Waals surface area contributed by atoms with Crippen molar-refractivity contribution in [2.75, 3.05) is 6.54 Å². The zero-order valence-electron chi connectivity index (χ0n) is 12.5. The number of carbonyl (C=O) groups is 1. The summed E-state index contributed by atoms with van der Waals surface area (Å²) in [6, 6.07) is 1.72. The van der Waals surface area contributed by atoms with Gasteiger partial charge in [-0.15, -0.1) is 0 Å². The fourth-order valence-corrected chi connectivity index (χ4v) is 2.83. The third kappa shape index (κ3) is 4.19. The lowest BCUT2D eigenvalue weighted by Crippen LogP contribution is -2.57. The summed E-state index contributed by atoms with van der Waals surface area (Å²) in [5.74, 6) is -1.01. The number of benzene rings is 1. The van der Waals surface area contributed by atoms with Crippen molar-refractivity contribution in [1.82, 2.24) is 4.90 Å². The summed E-state index contributed by atoms with van der Waals surface area (Å²) in [5.41, 5.74) is 4.24. The Labute approximate surface area is 134 Å². The highest BCUT2D eigenvalue weighted by Gasteiger charge is 2.47. The Morgan fingerprint density at radius 3 is 2.33 bits per heavy atom. The minimum absolute atomic E-state index is 0.104. The first-order chi connectivity index (χ1) is 11.0. The molecule has 9 heteroatoms. The zero-order valence-corrected chi connectivity index (χ0v) is 12.5. The molecule has 0 bridgehead atoms. The van der Waals surface area contributed by atoms with Gasteiger partial charge in [-0.25, -0.2) is 0 Å². The van der Waals surface area contributed by atoms with Crippen LogP contribution in [0.3, 0.4) is 0 Å². The van der Waals surface area contributed by atoms with Gasteiger partial charge in [0.1, 0.15) is 6.04 Å². The van der Waals surface area contributed by atoms with Crippen molar-refractivity contribution in [2.24, 2.45) is 5.73 Å². The van der Waals surface area contributed by atoms with Crippen LogP contribution in [-0.4, -0.2) is 35.6 Å². The van der Waals surface area contributed by atoms with E-state index in [1.54, 1.807) is 0 Å². The Kier molecular flexibility index (Phi) is 5.12. The summed E-state index contributed by atoms with van der Waals surface area (Å²) in [5, 5.41) is 0. The first-order valence-corrected chi connectivity index (χ1v) is 7.27. The maximum Gasteiger partial charge on any atom is 0.416 e. The number of rotatable bonds is 2. The van der Waals surface area contributed by atoms with Crippen LogP contribution in [0.2, 0.25) is 0 Å². The molecule has 0 aromatic heterocycles. The lowest BCUT2D eigenvalue weighted by atomic mass is 9.96. The van der Waals surface area contributed by atoms with Gasteiger partial charge in [0.05, 0.1) is 12.0 Å². The Hall–Kier alpha value is -1.77. The Morgan fingerprint density at radius 2 is 1.75 bits per heavy atom. The van der Waals surface area contributed by atoms with E-state index >= 15 is 0 Å². The van der Waals surface area contributed by atoms with Crippen molar-refractivity contribution in [2.45, 2.75) is 43.7 Å². The number of piperidine rings is 1. The number of carbonyl (C=O) groups excluding carboxylic acids is 1. The van der Waals surface area contributed by atoms with Gasteiger partial charge < -0.3 is 10.6 Å². The average molecular weight is 354 g/mol. The molecule has 134 valence electrons. The molecule has 1 aromatic carbocycles. The van der Waals surface area contributed by atoms with Crippen LogP contribution in [0.25, 0.3) is 0 Å². The van der Waals surface area contributed by atoms with Crippen molar-refractivity contribution < 1.29 is 31.1 Å². The van der Waals surface area contributed by atoms with Crippen LogP contribution in [0.15, 0.2) is 24.3 Å². The minimum atomic E-state index is -4.68. The van der Waals surface area contributed by atoms with Gasteiger partial charge in [0.25, 0.3) is 0 Å².